The van der Waals surface area contributed by atoms with Crippen LogP contribution in [-0.2, 0) is 0 Å². The van der Waals surface area contributed by atoms with E-state index < -0.39 is 22.7 Å². The van der Waals surface area contributed by atoms with E-state index in [2.05, 4.69) is 4.98 Å². The maximum Gasteiger partial charge on any atom is 0.268 e. The summed E-state index contributed by atoms with van der Waals surface area (Å²) in [6.07, 6.45) is 0. The first-order chi connectivity index (χ1) is 9.92. The minimum absolute atomic E-state index is 0.140. The van der Waals surface area contributed by atoms with Crippen LogP contribution in [0.1, 0.15) is 11.1 Å². The lowest BCUT2D eigenvalue weighted by Crippen LogP contribution is -2.16. The minimum Gasteiger partial charge on any atom is -0.504 e. The average Bonchev–Trinajstić information content (AvgIpc) is 2.44. The van der Waals surface area contributed by atoms with Gasteiger partial charge in [0.05, 0.1) is 3.57 Å². The second kappa shape index (κ2) is 5.42. The Morgan fingerprint density at radius 2 is 1.90 bits per heavy atom. The molecule has 104 valence electrons. The molecule has 21 heavy (non-hydrogen) atoms. The van der Waals surface area contributed by atoms with Crippen LogP contribution in [0.25, 0.3) is 11.1 Å². The Bertz CT molecular complexity index is 893. The number of nitrogens with one attached hydrogen (secondary N) is 1. The number of anilines is 1. The first kappa shape index (κ1) is 14.8. The third kappa shape index (κ3) is 2.30. The molecule has 4 N–H and O–H groups in total. The highest BCUT2D eigenvalue weighted by Gasteiger charge is 2.22. The molecule has 0 aliphatic heterocycles. The maximum atomic E-state index is 13.8. The molecule has 0 spiro atoms. The van der Waals surface area contributed by atoms with E-state index in [4.69, 9.17) is 16.3 Å². The molecule has 2 rings (SSSR count). The smallest absolute Gasteiger partial charge is 0.268 e. The molecule has 6 nitrogen and oxygen atoms in total. The van der Waals surface area contributed by atoms with Gasteiger partial charge in [-0.05, 0) is 34.7 Å². The standard InChI is InChI=1S/C13H6FIN4O2/c14-10-8(15)2-1-5(11(10)20)9-6(3-16)12(18)19-13(21)7(9)4-17/h1-2,20H,(H3,18,19,21). The number of nitrogen functional groups attached to an aromatic ring is 1. The highest BCUT2D eigenvalue weighted by Crippen LogP contribution is 2.37. The second-order valence-electron chi connectivity index (χ2n) is 3.97. The number of rotatable bonds is 1. The Balaban J connectivity index is 3.01. The third-order valence-electron chi connectivity index (χ3n) is 2.81. The van der Waals surface area contributed by atoms with Gasteiger partial charge in [-0.25, -0.2) is 4.39 Å². The Kier molecular flexibility index (Phi) is 3.82. The highest BCUT2D eigenvalue weighted by molar-refractivity contribution is 14.1. The molecule has 0 aliphatic rings. The van der Waals surface area contributed by atoms with Crippen molar-refractivity contribution in [1.82, 2.24) is 4.98 Å². The summed E-state index contributed by atoms with van der Waals surface area (Å²) >= 11 is 1.68. The molecule has 0 radical (unpaired) electrons. The van der Waals surface area contributed by atoms with Crippen LogP contribution < -0.4 is 11.3 Å². The molecular formula is C13H6FIN4O2. The van der Waals surface area contributed by atoms with Gasteiger partial charge in [-0.15, -0.1) is 0 Å². The van der Waals surface area contributed by atoms with Gasteiger partial charge >= 0.3 is 0 Å². The first-order valence-corrected chi connectivity index (χ1v) is 6.53. The van der Waals surface area contributed by atoms with Crippen molar-refractivity contribution in [1.29, 1.82) is 10.5 Å². The van der Waals surface area contributed by atoms with Crippen LogP contribution in [0.4, 0.5) is 10.2 Å². The molecule has 0 atom stereocenters. The van der Waals surface area contributed by atoms with E-state index in [1.165, 1.54) is 12.1 Å². The molecule has 0 fully saturated rings. The third-order valence-corrected chi connectivity index (χ3v) is 3.64. The van der Waals surface area contributed by atoms with E-state index in [9.17, 15) is 14.3 Å². The lowest BCUT2D eigenvalue weighted by Gasteiger charge is -2.11. The van der Waals surface area contributed by atoms with Crippen LogP contribution in [0.2, 0.25) is 0 Å². The van der Waals surface area contributed by atoms with E-state index in [0.717, 1.165) is 0 Å². The highest BCUT2D eigenvalue weighted by atomic mass is 127. The Labute approximate surface area is 131 Å². The van der Waals surface area contributed by atoms with Gasteiger partial charge in [-0.1, -0.05) is 0 Å². The van der Waals surface area contributed by atoms with Gasteiger partial charge in [-0.3, -0.25) is 4.79 Å². The van der Waals surface area contributed by atoms with Gasteiger partial charge in [0.2, 0.25) is 0 Å². The van der Waals surface area contributed by atoms with Crippen molar-refractivity contribution in [3.8, 4) is 29.0 Å². The fourth-order valence-corrected chi connectivity index (χ4v) is 2.29. The van der Waals surface area contributed by atoms with Gasteiger partial charge in [0.15, 0.2) is 11.6 Å². The molecule has 8 heteroatoms. The molecule has 0 saturated carbocycles. The summed E-state index contributed by atoms with van der Waals surface area (Å²) in [5.74, 6) is -1.91. The number of phenols is 1. The number of aromatic nitrogens is 1. The van der Waals surface area contributed by atoms with Gasteiger partial charge in [0.1, 0.15) is 29.1 Å². The topological polar surface area (TPSA) is 127 Å². The molecule has 0 aliphatic carbocycles. The minimum atomic E-state index is -0.903. The quantitative estimate of drug-likeness (QED) is 0.634. The van der Waals surface area contributed by atoms with Crippen LogP contribution in [0, 0.1) is 32.0 Å². The summed E-state index contributed by atoms with van der Waals surface area (Å²) < 4.78 is 14.0. The number of halogens is 2. The molecule has 2 aromatic rings. The summed E-state index contributed by atoms with van der Waals surface area (Å²) in [6.45, 7) is 0. The van der Waals surface area contributed by atoms with Crippen LogP contribution >= 0.6 is 22.6 Å². The van der Waals surface area contributed by atoms with E-state index in [-0.39, 0.29) is 26.1 Å². The van der Waals surface area contributed by atoms with Gasteiger partial charge in [0.25, 0.3) is 5.56 Å². The van der Waals surface area contributed by atoms with Crippen molar-refractivity contribution in [2.45, 2.75) is 0 Å². The zero-order chi connectivity index (χ0) is 15.7. The molecule has 0 bridgehead atoms. The summed E-state index contributed by atoms with van der Waals surface area (Å²) in [7, 11) is 0. The van der Waals surface area contributed by atoms with Crippen molar-refractivity contribution < 1.29 is 9.50 Å². The zero-order valence-electron chi connectivity index (χ0n) is 10.2. The number of nitrogens with zero attached hydrogens (tertiary/aromatic N) is 2. The lowest BCUT2D eigenvalue weighted by molar-refractivity contribution is 0.432. The van der Waals surface area contributed by atoms with E-state index >= 15 is 0 Å². The lowest BCUT2D eigenvalue weighted by atomic mass is 9.96. The van der Waals surface area contributed by atoms with Crippen molar-refractivity contribution in [3.63, 3.8) is 0 Å². The summed E-state index contributed by atoms with van der Waals surface area (Å²) in [5, 5.41) is 28.1. The van der Waals surface area contributed by atoms with Crippen molar-refractivity contribution in [2.75, 3.05) is 5.73 Å². The fraction of sp³-hybridized carbons (Fsp3) is 0. The van der Waals surface area contributed by atoms with Crippen molar-refractivity contribution in [2.24, 2.45) is 0 Å². The monoisotopic (exact) mass is 396 g/mol. The number of phenolic OH excluding ortho intramolecular Hbond substituents is 1. The maximum absolute atomic E-state index is 13.8. The molecule has 1 heterocycles. The summed E-state index contributed by atoms with van der Waals surface area (Å²) in [6, 6.07) is 6.05. The summed E-state index contributed by atoms with van der Waals surface area (Å²) in [5.41, 5.74) is 3.78. The zero-order valence-corrected chi connectivity index (χ0v) is 12.4. The number of hydrogen-bond donors (Lipinski definition) is 3. The predicted molar refractivity (Wildman–Crippen MR) is 80.7 cm³/mol. The van der Waals surface area contributed by atoms with Crippen LogP contribution in [0.5, 0.6) is 5.75 Å². The van der Waals surface area contributed by atoms with Gasteiger partial charge in [0, 0.05) is 11.1 Å². The fourth-order valence-electron chi connectivity index (χ4n) is 1.85. The second-order valence-corrected chi connectivity index (χ2v) is 5.14. The number of benzene rings is 1. The molecule has 1 aromatic heterocycles. The molecule has 0 unspecified atom stereocenters. The predicted octanol–water partition coefficient (Wildman–Crippen LogP) is 1.82. The molecule has 0 saturated heterocycles. The Hall–Kier alpha value is -2.59. The number of aromatic hydroxyl groups is 1. The Morgan fingerprint density at radius 1 is 1.29 bits per heavy atom. The van der Waals surface area contributed by atoms with Crippen molar-refractivity contribution >= 4 is 28.4 Å². The molecule has 1 aromatic carbocycles. The number of nitrogens with two attached hydrogens (primary N) is 1. The van der Waals surface area contributed by atoms with Crippen LogP contribution in [0.15, 0.2) is 16.9 Å². The average molecular weight is 396 g/mol. The van der Waals surface area contributed by atoms with Gasteiger partial charge in [-0.2, -0.15) is 10.5 Å². The molecular weight excluding hydrogens is 390 g/mol. The summed E-state index contributed by atoms with van der Waals surface area (Å²) in [4.78, 5) is 13.9. The van der Waals surface area contributed by atoms with Gasteiger partial charge < -0.3 is 15.8 Å². The first-order valence-electron chi connectivity index (χ1n) is 5.45. The van der Waals surface area contributed by atoms with E-state index in [1.54, 1.807) is 34.7 Å². The van der Waals surface area contributed by atoms with Crippen molar-refractivity contribution in [3.05, 3.63) is 43.0 Å². The normalized spacial score (nSPS) is 9.90. The largest absolute Gasteiger partial charge is 0.504 e. The molecule has 0 amide bonds. The number of H-pyrrole nitrogens is 1. The van der Waals surface area contributed by atoms with E-state index in [0.29, 0.717) is 0 Å². The van der Waals surface area contributed by atoms with Crippen LogP contribution in [0.3, 0.4) is 0 Å². The SMILES string of the molecule is N#Cc1c(N)[nH]c(=O)c(C#N)c1-c1ccc(I)c(F)c1O. The number of nitriles is 2. The number of hydrogen-bond acceptors (Lipinski definition) is 5. The Morgan fingerprint density at radius 3 is 2.48 bits per heavy atom. The van der Waals surface area contributed by atoms with E-state index in [1.807, 2.05) is 0 Å². The van der Waals surface area contributed by atoms with Crippen LogP contribution in [-0.4, -0.2) is 10.1 Å². The number of aromatic amines is 1. The number of pyridine rings is 1.